The van der Waals surface area contributed by atoms with Gasteiger partial charge in [-0.1, -0.05) is 42.0 Å². The fourth-order valence-electron chi connectivity index (χ4n) is 1.85. The van der Waals surface area contributed by atoms with Crippen molar-refractivity contribution in [2.75, 3.05) is 5.32 Å². The zero-order valence-electron chi connectivity index (χ0n) is 11.1. The number of carbonyl (C=O) groups is 1. The minimum absolute atomic E-state index is 0.105. The van der Waals surface area contributed by atoms with Gasteiger partial charge in [0.15, 0.2) is 0 Å². The summed E-state index contributed by atoms with van der Waals surface area (Å²) in [6, 6.07) is 15.6. The molecule has 0 saturated carbocycles. The van der Waals surface area contributed by atoms with E-state index in [1.807, 2.05) is 36.4 Å². The lowest BCUT2D eigenvalue weighted by Crippen LogP contribution is -2.07. The van der Waals surface area contributed by atoms with Crippen LogP contribution in [0.1, 0.15) is 18.1 Å². The number of rotatable bonds is 4. The summed E-state index contributed by atoms with van der Waals surface area (Å²) in [5, 5.41) is 2.76. The summed E-state index contributed by atoms with van der Waals surface area (Å²) in [7, 11) is 0. The Bertz CT molecular complexity index is 578. The average Bonchev–Trinajstić information content (AvgIpc) is 2.37. The van der Waals surface area contributed by atoms with E-state index in [1.54, 1.807) is 0 Å². The third kappa shape index (κ3) is 3.85. The molecule has 0 aliphatic heterocycles. The van der Waals surface area contributed by atoms with Crippen LogP contribution in [-0.2, 0) is 11.4 Å². The van der Waals surface area contributed by atoms with Crippen molar-refractivity contribution in [1.82, 2.24) is 0 Å². The molecule has 2 aromatic carbocycles. The zero-order valence-corrected chi connectivity index (χ0v) is 11.1. The molecule has 0 spiro atoms. The monoisotopic (exact) mass is 255 g/mol. The Morgan fingerprint density at radius 3 is 2.68 bits per heavy atom. The number of hydrogen-bond donors (Lipinski definition) is 1. The normalized spacial score (nSPS) is 10.0. The molecule has 0 heterocycles. The summed E-state index contributed by atoms with van der Waals surface area (Å²) in [5.74, 6) is 0.575. The van der Waals surface area contributed by atoms with Crippen LogP contribution in [-0.4, -0.2) is 5.91 Å². The molecule has 0 unspecified atom stereocenters. The first-order chi connectivity index (χ1) is 9.15. The molecule has 3 heteroatoms. The zero-order chi connectivity index (χ0) is 13.7. The predicted octanol–water partition coefficient (Wildman–Crippen LogP) is 3.53. The first kappa shape index (κ1) is 13.1. The number of ether oxygens (including phenoxy) is 1. The number of anilines is 1. The van der Waals surface area contributed by atoms with Crippen LogP contribution in [0.25, 0.3) is 0 Å². The quantitative estimate of drug-likeness (QED) is 0.907. The molecular weight excluding hydrogens is 238 g/mol. The second-order valence-corrected chi connectivity index (χ2v) is 4.46. The standard InChI is InChI=1S/C16H17NO2/c1-12-6-5-7-14(10-12)11-19-16-9-4-3-8-15(16)17-13(2)18/h3-10H,11H2,1-2H3,(H,17,18). The number of amides is 1. The Hall–Kier alpha value is -2.29. The van der Waals surface area contributed by atoms with Crippen LogP contribution in [0.15, 0.2) is 48.5 Å². The molecule has 0 saturated heterocycles. The molecule has 3 nitrogen and oxygen atoms in total. The predicted molar refractivity (Wildman–Crippen MR) is 76.3 cm³/mol. The SMILES string of the molecule is CC(=O)Nc1ccccc1OCc1cccc(C)c1. The van der Waals surface area contributed by atoms with Gasteiger partial charge in [0, 0.05) is 6.92 Å². The van der Waals surface area contributed by atoms with Gasteiger partial charge < -0.3 is 10.1 Å². The van der Waals surface area contributed by atoms with Crippen LogP contribution in [0.5, 0.6) is 5.75 Å². The second kappa shape index (κ2) is 6.05. The maximum absolute atomic E-state index is 11.1. The van der Waals surface area contributed by atoms with Gasteiger partial charge in [-0.2, -0.15) is 0 Å². The van der Waals surface area contributed by atoms with Crippen molar-refractivity contribution in [3.05, 3.63) is 59.7 Å². The lowest BCUT2D eigenvalue weighted by Gasteiger charge is -2.11. The molecule has 0 bridgehead atoms. The van der Waals surface area contributed by atoms with E-state index >= 15 is 0 Å². The first-order valence-corrected chi connectivity index (χ1v) is 6.20. The summed E-state index contributed by atoms with van der Waals surface area (Å²) in [6.07, 6.45) is 0. The van der Waals surface area contributed by atoms with E-state index in [0.717, 1.165) is 5.56 Å². The van der Waals surface area contributed by atoms with Crippen molar-refractivity contribution in [3.63, 3.8) is 0 Å². The molecule has 2 rings (SSSR count). The minimum Gasteiger partial charge on any atom is -0.487 e. The summed E-state index contributed by atoms with van der Waals surface area (Å²) < 4.78 is 5.76. The fraction of sp³-hybridized carbons (Fsp3) is 0.188. The van der Waals surface area contributed by atoms with Crippen molar-refractivity contribution in [2.24, 2.45) is 0 Å². The van der Waals surface area contributed by atoms with Gasteiger partial charge in [-0.25, -0.2) is 0 Å². The van der Waals surface area contributed by atoms with E-state index in [0.29, 0.717) is 18.0 Å². The summed E-state index contributed by atoms with van der Waals surface area (Å²) >= 11 is 0. The van der Waals surface area contributed by atoms with E-state index in [1.165, 1.54) is 12.5 Å². The number of hydrogen-bond acceptors (Lipinski definition) is 2. The van der Waals surface area contributed by atoms with Gasteiger partial charge in [0.05, 0.1) is 5.69 Å². The number of benzene rings is 2. The van der Waals surface area contributed by atoms with E-state index < -0.39 is 0 Å². The van der Waals surface area contributed by atoms with Gasteiger partial charge in [0.2, 0.25) is 5.91 Å². The number of nitrogens with one attached hydrogen (secondary N) is 1. The smallest absolute Gasteiger partial charge is 0.221 e. The maximum atomic E-state index is 11.1. The van der Waals surface area contributed by atoms with Crippen molar-refractivity contribution in [1.29, 1.82) is 0 Å². The third-order valence-electron chi connectivity index (χ3n) is 2.67. The Morgan fingerprint density at radius 1 is 1.16 bits per heavy atom. The Kier molecular flexibility index (Phi) is 4.18. The molecule has 0 fully saturated rings. The van der Waals surface area contributed by atoms with Gasteiger partial charge in [0.1, 0.15) is 12.4 Å². The average molecular weight is 255 g/mol. The molecular formula is C16H17NO2. The molecule has 1 amide bonds. The van der Waals surface area contributed by atoms with Gasteiger partial charge in [0.25, 0.3) is 0 Å². The second-order valence-electron chi connectivity index (χ2n) is 4.46. The highest BCUT2D eigenvalue weighted by atomic mass is 16.5. The molecule has 0 radical (unpaired) electrons. The van der Waals surface area contributed by atoms with E-state index in [9.17, 15) is 4.79 Å². The molecule has 2 aromatic rings. The van der Waals surface area contributed by atoms with Gasteiger partial charge >= 0.3 is 0 Å². The van der Waals surface area contributed by atoms with E-state index in [-0.39, 0.29) is 5.91 Å². The van der Waals surface area contributed by atoms with E-state index in [4.69, 9.17) is 4.74 Å². The maximum Gasteiger partial charge on any atom is 0.221 e. The number of para-hydroxylation sites is 2. The van der Waals surface area contributed by atoms with Crippen molar-refractivity contribution >= 4 is 11.6 Å². The first-order valence-electron chi connectivity index (χ1n) is 6.20. The Morgan fingerprint density at radius 2 is 1.95 bits per heavy atom. The van der Waals surface area contributed by atoms with Crippen LogP contribution < -0.4 is 10.1 Å². The summed E-state index contributed by atoms with van der Waals surface area (Å²) in [6.45, 7) is 4.02. The lowest BCUT2D eigenvalue weighted by atomic mass is 10.1. The highest BCUT2D eigenvalue weighted by molar-refractivity contribution is 5.90. The number of carbonyl (C=O) groups excluding carboxylic acids is 1. The van der Waals surface area contributed by atoms with Crippen LogP contribution >= 0.6 is 0 Å². The Labute approximate surface area is 113 Å². The topological polar surface area (TPSA) is 38.3 Å². The van der Waals surface area contributed by atoms with Gasteiger partial charge in [-0.05, 0) is 24.6 Å². The largest absolute Gasteiger partial charge is 0.487 e. The Balaban J connectivity index is 2.09. The molecule has 19 heavy (non-hydrogen) atoms. The molecule has 0 atom stereocenters. The van der Waals surface area contributed by atoms with Crippen LogP contribution in [0.3, 0.4) is 0 Å². The van der Waals surface area contributed by atoms with Gasteiger partial charge in [-0.3, -0.25) is 4.79 Å². The van der Waals surface area contributed by atoms with E-state index in [2.05, 4.69) is 24.4 Å². The van der Waals surface area contributed by atoms with Crippen LogP contribution in [0.4, 0.5) is 5.69 Å². The molecule has 98 valence electrons. The highest BCUT2D eigenvalue weighted by Gasteiger charge is 2.04. The van der Waals surface area contributed by atoms with Crippen molar-refractivity contribution in [2.45, 2.75) is 20.5 Å². The molecule has 0 aliphatic rings. The molecule has 0 aromatic heterocycles. The summed E-state index contributed by atoms with van der Waals surface area (Å²) in [5.41, 5.74) is 3.01. The fourth-order valence-corrected chi connectivity index (χ4v) is 1.85. The lowest BCUT2D eigenvalue weighted by molar-refractivity contribution is -0.114. The summed E-state index contributed by atoms with van der Waals surface area (Å²) in [4.78, 5) is 11.1. The molecule has 1 N–H and O–H groups in total. The highest BCUT2D eigenvalue weighted by Crippen LogP contribution is 2.24. The van der Waals surface area contributed by atoms with Crippen molar-refractivity contribution < 1.29 is 9.53 Å². The minimum atomic E-state index is -0.105. The molecule has 0 aliphatic carbocycles. The van der Waals surface area contributed by atoms with Crippen molar-refractivity contribution in [3.8, 4) is 5.75 Å². The number of aryl methyl sites for hydroxylation is 1. The van der Waals surface area contributed by atoms with Gasteiger partial charge in [-0.15, -0.1) is 0 Å². The van der Waals surface area contributed by atoms with Crippen LogP contribution in [0.2, 0.25) is 0 Å². The van der Waals surface area contributed by atoms with Crippen LogP contribution in [0, 0.1) is 6.92 Å². The third-order valence-corrected chi connectivity index (χ3v) is 2.67.